The predicted molar refractivity (Wildman–Crippen MR) is 73.8 cm³/mol. The molecule has 90 valence electrons. The summed E-state index contributed by atoms with van der Waals surface area (Å²) in [5.74, 6) is 0.317. The molecule has 0 saturated heterocycles. The van der Waals surface area contributed by atoms with Gasteiger partial charge in [0.2, 0.25) is 0 Å². The Morgan fingerprint density at radius 2 is 2.06 bits per heavy atom. The van der Waals surface area contributed by atoms with Crippen molar-refractivity contribution in [3.05, 3.63) is 50.9 Å². The number of nitrogens with two attached hydrogens (primary N) is 1. The standard InChI is InChI=1S/C13H15ClN2S/c1-9-8-17-13(16-9)6-11(7-15)10-2-4-12(14)5-3-10/h2-5,8,11H,6-7,15H2,1H3. The third-order valence-corrected chi connectivity index (χ3v) is 3.95. The van der Waals surface area contributed by atoms with Gasteiger partial charge in [-0.3, -0.25) is 0 Å². The highest BCUT2D eigenvalue weighted by molar-refractivity contribution is 7.09. The van der Waals surface area contributed by atoms with Crippen LogP contribution in [0.4, 0.5) is 0 Å². The maximum Gasteiger partial charge on any atom is 0.0934 e. The number of aryl methyl sites for hydroxylation is 1. The molecular weight excluding hydrogens is 252 g/mol. The highest BCUT2D eigenvalue weighted by Gasteiger charge is 2.12. The minimum Gasteiger partial charge on any atom is -0.330 e. The average Bonchev–Trinajstić information content (AvgIpc) is 2.73. The van der Waals surface area contributed by atoms with E-state index in [2.05, 4.69) is 10.4 Å². The van der Waals surface area contributed by atoms with Gasteiger partial charge in [0.1, 0.15) is 0 Å². The van der Waals surface area contributed by atoms with Gasteiger partial charge in [0.05, 0.1) is 5.01 Å². The molecule has 2 rings (SSSR count). The zero-order valence-electron chi connectivity index (χ0n) is 9.69. The molecule has 0 saturated carbocycles. The molecule has 0 aliphatic rings. The Morgan fingerprint density at radius 1 is 1.35 bits per heavy atom. The number of thiazole rings is 1. The molecule has 0 spiro atoms. The quantitative estimate of drug-likeness (QED) is 0.921. The fourth-order valence-electron chi connectivity index (χ4n) is 1.78. The van der Waals surface area contributed by atoms with Gasteiger partial charge in [-0.05, 0) is 31.2 Å². The van der Waals surface area contributed by atoms with Gasteiger partial charge in [0, 0.05) is 28.4 Å². The Kier molecular flexibility index (Phi) is 4.15. The lowest BCUT2D eigenvalue weighted by Gasteiger charge is -2.13. The van der Waals surface area contributed by atoms with E-state index in [1.807, 2.05) is 31.2 Å². The van der Waals surface area contributed by atoms with E-state index in [1.54, 1.807) is 11.3 Å². The molecule has 1 atom stereocenters. The van der Waals surface area contributed by atoms with Crippen molar-refractivity contribution in [2.45, 2.75) is 19.3 Å². The first-order chi connectivity index (χ1) is 8.19. The second-order valence-electron chi connectivity index (χ2n) is 4.07. The van der Waals surface area contributed by atoms with Gasteiger partial charge in [-0.15, -0.1) is 11.3 Å². The minimum absolute atomic E-state index is 0.317. The van der Waals surface area contributed by atoms with Crippen molar-refractivity contribution < 1.29 is 0 Å². The van der Waals surface area contributed by atoms with Crippen LogP contribution >= 0.6 is 22.9 Å². The smallest absolute Gasteiger partial charge is 0.0934 e. The SMILES string of the molecule is Cc1csc(CC(CN)c2ccc(Cl)cc2)n1. The number of benzene rings is 1. The summed E-state index contributed by atoms with van der Waals surface area (Å²) in [6.07, 6.45) is 0.899. The number of hydrogen-bond donors (Lipinski definition) is 1. The largest absolute Gasteiger partial charge is 0.330 e. The topological polar surface area (TPSA) is 38.9 Å². The lowest BCUT2D eigenvalue weighted by atomic mass is 9.96. The lowest BCUT2D eigenvalue weighted by molar-refractivity contribution is 0.690. The fourth-order valence-corrected chi connectivity index (χ4v) is 2.76. The van der Waals surface area contributed by atoms with Crippen LogP contribution in [-0.4, -0.2) is 11.5 Å². The minimum atomic E-state index is 0.317. The number of rotatable bonds is 4. The summed E-state index contributed by atoms with van der Waals surface area (Å²) in [7, 11) is 0. The maximum atomic E-state index is 5.88. The van der Waals surface area contributed by atoms with Crippen LogP contribution in [0.5, 0.6) is 0 Å². The van der Waals surface area contributed by atoms with Gasteiger partial charge in [-0.1, -0.05) is 23.7 Å². The average molecular weight is 267 g/mol. The third kappa shape index (κ3) is 3.28. The van der Waals surface area contributed by atoms with E-state index in [4.69, 9.17) is 17.3 Å². The second kappa shape index (κ2) is 5.63. The molecule has 1 aromatic carbocycles. The molecule has 17 heavy (non-hydrogen) atoms. The molecule has 0 aliphatic heterocycles. The Morgan fingerprint density at radius 3 is 2.59 bits per heavy atom. The maximum absolute atomic E-state index is 5.88. The van der Waals surface area contributed by atoms with E-state index >= 15 is 0 Å². The Balaban J connectivity index is 2.13. The molecule has 2 nitrogen and oxygen atoms in total. The first kappa shape index (κ1) is 12.6. The molecule has 0 fully saturated rings. The van der Waals surface area contributed by atoms with Crippen molar-refractivity contribution in [2.24, 2.45) is 5.73 Å². The van der Waals surface area contributed by atoms with E-state index in [-0.39, 0.29) is 0 Å². The highest BCUT2D eigenvalue weighted by atomic mass is 35.5. The summed E-state index contributed by atoms with van der Waals surface area (Å²) >= 11 is 7.58. The van der Waals surface area contributed by atoms with Crippen molar-refractivity contribution in [3.63, 3.8) is 0 Å². The molecule has 0 aliphatic carbocycles. The van der Waals surface area contributed by atoms with E-state index < -0.39 is 0 Å². The number of halogens is 1. The van der Waals surface area contributed by atoms with Gasteiger partial charge in [0.25, 0.3) is 0 Å². The van der Waals surface area contributed by atoms with Crippen molar-refractivity contribution >= 4 is 22.9 Å². The molecule has 2 aromatic rings. The highest BCUT2D eigenvalue weighted by Crippen LogP contribution is 2.23. The summed E-state index contributed by atoms with van der Waals surface area (Å²) in [6.45, 7) is 2.64. The number of hydrogen-bond acceptors (Lipinski definition) is 3. The van der Waals surface area contributed by atoms with Crippen LogP contribution in [0, 0.1) is 6.92 Å². The van der Waals surface area contributed by atoms with E-state index in [9.17, 15) is 0 Å². The fraction of sp³-hybridized carbons (Fsp3) is 0.308. The molecular formula is C13H15ClN2S. The molecule has 2 N–H and O–H groups in total. The van der Waals surface area contributed by atoms with Gasteiger partial charge in [-0.25, -0.2) is 4.98 Å². The van der Waals surface area contributed by atoms with Crippen molar-refractivity contribution in [2.75, 3.05) is 6.54 Å². The van der Waals surface area contributed by atoms with Gasteiger partial charge < -0.3 is 5.73 Å². The molecule has 1 unspecified atom stereocenters. The molecule has 0 bridgehead atoms. The van der Waals surface area contributed by atoms with E-state index in [1.165, 1.54) is 5.56 Å². The first-order valence-electron chi connectivity index (χ1n) is 5.55. The van der Waals surface area contributed by atoms with Crippen LogP contribution in [0.1, 0.15) is 22.2 Å². The molecule has 0 radical (unpaired) electrons. The number of nitrogens with zero attached hydrogens (tertiary/aromatic N) is 1. The lowest BCUT2D eigenvalue weighted by Crippen LogP contribution is -2.14. The Bertz CT molecular complexity index is 478. The van der Waals surface area contributed by atoms with Crippen molar-refractivity contribution in [1.29, 1.82) is 0 Å². The van der Waals surface area contributed by atoms with Crippen LogP contribution in [0.25, 0.3) is 0 Å². The normalized spacial score (nSPS) is 12.6. The van der Waals surface area contributed by atoms with Crippen LogP contribution in [0.2, 0.25) is 5.02 Å². The predicted octanol–water partition coefficient (Wildman–Crippen LogP) is 3.39. The summed E-state index contributed by atoms with van der Waals surface area (Å²) in [4.78, 5) is 4.48. The number of aromatic nitrogens is 1. The Hall–Kier alpha value is -0.900. The summed E-state index contributed by atoms with van der Waals surface area (Å²) in [6, 6.07) is 7.90. The molecule has 1 heterocycles. The molecule has 4 heteroatoms. The van der Waals surface area contributed by atoms with Crippen LogP contribution in [0.3, 0.4) is 0 Å². The summed E-state index contributed by atoms with van der Waals surface area (Å²) in [5.41, 5.74) is 8.15. The van der Waals surface area contributed by atoms with Crippen molar-refractivity contribution in [3.8, 4) is 0 Å². The zero-order valence-corrected chi connectivity index (χ0v) is 11.3. The Labute approximate surface area is 110 Å². The summed E-state index contributed by atoms with van der Waals surface area (Å²) in [5, 5.41) is 3.98. The third-order valence-electron chi connectivity index (χ3n) is 2.71. The summed E-state index contributed by atoms with van der Waals surface area (Å²) < 4.78 is 0. The van der Waals surface area contributed by atoms with Crippen LogP contribution in [-0.2, 0) is 6.42 Å². The molecule has 0 amide bonds. The van der Waals surface area contributed by atoms with Gasteiger partial charge >= 0.3 is 0 Å². The van der Waals surface area contributed by atoms with E-state index in [0.717, 1.165) is 22.1 Å². The second-order valence-corrected chi connectivity index (χ2v) is 5.45. The van der Waals surface area contributed by atoms with Gasteiger partial charge in [-0.2, -0.15) is 0 Å². The van der Waals surface area contributed by atoms with Crippen molar-refractivity contribution in [1.82, 2.24) is 4.98 Å². The van der Waals surface area contributed by atoms with Crippen LogP contribution in [0.15, 0.2) is 29.6 Å². The van der Waals surface area contributed by atoms with Crippen LogP contribution < -0.4 is 5.73 Å². The molecule has 1 aromatic heterocycles. The monoisotopic (exact) mass is 266 g/mol. The first-order valence-corrected chi connectivity index (χ1v) is 6.81. The zero-order chi connectivity index (χ0) is 12.3. The van der Waals surface area contributed by atoms with Gasteiger partial charge in [0.15, 0.2) is 0 Å². The van der Waals surface area contributed by atoms with E-state index in [0.29, 0.717) is 12.5 Å².